The summed E-state index contributed by atoms with van der Waals surface area (Å²) in [5.74, 6) is 0.430. The summed E-state index contributed by atoms with van der Waals surface area (Å²) in [4.78, 5) is 26.9. The highest BCUT2D eigenvalue weighted by molar-refractivity contribution is 5.95. The third kappa shape index (κ3) is 4.86. The summed E-state index contributed by atoms with van der Waals surface area (Å²) in [5, 5.41) is 9.35. The second kappa shape index (κ2) is 9.00. The molecule has 0 radical (unpaired) electrons. The van der Waals surface area contributed by atoms with Gasteiger partial charge in [-0.05, 0) is 55.7 Å². The SMILES string of the molecule is Cc1cc(CCCc2ccccc2)oc(=O)c1C(=O)N1CCCC(CO)C1. The number of carbonyl (C=O) groups is 1. The first-order valence-electron chi connectivity index (χ1n) is 9.66. The highest BCUT2D eigenvalue weighted by Crippen LogP contribution is 2.19. The first-order chi connectivity index (χ1) is 13.1. The van der Waals surface area contributed by atoms with Gasteiger partial charge in [-0.3, -0.25) is 4.79 Å². The highest BCUT2D eigenvalue weighted by atomic mass is 16.4. The Hall–Kier alpha value is -2.40. The molecule has 1 aromatic carbocycles. The van der Waals surface area contributed by atoms with Gasteiger partial charge in [0.25, 0.3) is 5.91 Å². The Bertz CT molecular complexity index is 828. The molecule has 0 spiro atoms. The number of hydrogen-bond donors (Lipinski definition) is 1. The van der Waals surface area contributed by atoms with Crippen LogP contribution in [0.1, 0.15) is 46.5 Å². The van der Waals surface area contributed by atoms with E-state index in [4.69, 9.17) is 4.42 Å². The summed E-state index contributed by atoms with van der Waals surface area (Å²) >= 11 is 0. The fraction of sp³-hybridized carbons (Fsp3) is 0.455. The van der Waals surface area contributed by atoms with Crippen LogP contribution in [0.5, 0.6) is 0 Å². The predicted molar refractivity (Wildman–Crippen MR) is 104 cm³/mol. The molecular weight excluding hydrogens is 342 g/mol. The molecule has 1 saturated heterocycles. The molecule has 0 saturated carbocycles. The zero-order valence-corrected chi connectivity index (χ0v) is 15.8. The third-order valence-corrected chi connectivity index (χ3v) is 5.21. The van der Waals surface area contributed by atoms with Crippen LogP contribution in [0.3, 0.4) is 0 Å². The topological polar surface area (TPSA) is 70.8 Å². The summed E-state index contributed by atoms with van der Waals surface area (Å²) in [7, 11) is 0. The summed E-state index contributed by atoms with van der Waals surface area (Å²) in [6, 6.07) is 12.0. The van der Waals surface area contributed by atoms with Crippen LogP contribution in [0.4, 0.5) is 0 Å². The smallest absolute Gasteiger partial charge is 0.349 e. The van der Waals surface area contributed by atoms with Crippen LogP contribution in [0.15, 0.2) is 45.6 Å². The summed E-state index contributed by atoms with van der Waals surface area (Å²) in [6.07, 6.45) is 4.22. The zero-order chi connectivity index (χ0) is 19.2. The summed E-state index contributed by atoms with van der Waals surface area (Å²) < 4.78 is 5.44. The van der Waals surface area contributed by atoms with Gasteiger partial charge in [-0.2, -0.15) is 0 Å². The second-order valence-electron chi connectivity index (χ2n) is 7.34. The van der Waals surface area contributed by atoms with Crippen LogP contribution in [0, 0.1) is 12.8 Å². The third-order valence-electron chi connectivity index (χ3n) is 5.21. The largest absolute Gasteiger partial charge is 0.427 e. The predicted octanol–water partition coefficient (Wildman–Crippen LogP) is 2.97. The maximum atomic E-state index is 12.8. The fourth-order valence-electron chi connectivity index (χ4n) is 3.72. The normalized spacial score (nSPS) is 17.1. The molecule has 0 bridgehead atoms. The number of benzene rings is 1. The molecule has 3 rings (SSSR count). The number of amides is 1. The van der Waals surface area contributed by atoms with Crippen molar-refractivity contribution in [2.45, 2.75) is 39.0 Å². The molecule has 5 nitrogen and oxygen atoms in total. The minimum Gasteiger partial charge on any atom is -0.427 e. The molecule has 1 fully saturated rings. The average molecular weight is 369 g/mol. The Labute approximate surface area is 159 Å². The number of rotatable bonds is 6. The van der Waals surface area contributed by atoms with Gasteiger partial charge < -0.3 is 14.4 Å². The Morgan fingerprint density at radius 1 is 1.26 bits per heavy atom. The number of hydrogen-bond acceptors (Lipinski definition) is 4. The number of aryl methyl sites for hydroxylation is 3. The second-order valence-corrected chi connectivity index (χ2v) is 7.34. The highest BCUT2D eigenvalue weighted by Gasteiger charge is 2.27. The van der Waals surface area contributed by atoms with Gasteiger partial charge >= 0.3 is 5.63 Å². The van der Waals surface area contributed by atoms with Crippen molar-refractivity contribution < 1.29 is 14.3 Å². The van der Waals surface area contributed by atoms with Crippen molar-refractivity contribution in [2.75, 3.05) is 19.7 Å². The van der Waals surface area contributed by atoms with Gasteiger partial charge in [0.1, 0.15) is 11.3 Å². The standard InChI is InChI=1S/C22H27NO4/c1-16-13-19(11-5-9-17-7-3-2-4-8-17)27-22(26)20(16)21(25)23-12-6-10-18(14-23)15-24/h2-4,7-8,13,18,24H,5-6,9-12,14-15H2,1H3. The van der Waals surface area contributed by atoms with Crippen LogP contribution in [0.2, 0.25) is 0 Å². The molecule has 1 amide bonds. The van der Waals surface area contributed by atoms with E-state index < -0.39 is 5.63 Å². The van der Waals surface area contributed by atoms with Crippen molar-refractivity contribution in [2.24, 2.45) is 5.92 Å². The minimum atomic E-state index is -0.555. The lowest BCUT2D eigenvalue weighted by atomic mass is 9.98. The number of aliphatic hydroxyl groups excluding tert-OH is 1. The quantitative estimate of drug-likeness (QED) is 0.850. The molecule has 5 heteroatoms. The fourth-order valence-corrected chi connectivity index (χ4v) is 3.72. The van der Waals surface area contributed by atoms with Gasteiger partial charge in [-0.25, -0.2) is 4.79 Å². The Morgan fingerprint density at radius 2 is 2.04 bits per heavy atom. The van der Waals surface area contributed by atoms with Crippen molar-refractivity contribution in [1.29, 1.82) is 0 Å². The Balaban J connectivity index is 1.67. The maximum absolute atomic E-state index is 12.8. The molecule has 1 unspecified atom stereocenters. The van der Waals surface area contributed by atoms with Crippen LogP contribution >= 0.6 is 0 Å². The van der Waals surface area contributed by atoms with E-state index in [0.717, 1.165) is 25.7 Å². The first kappa shape index (κ1) is 19.4. The number of piperidine rings is 1. The lowest BCUT2D eigenvalue weighted by molar-refractivity contribution is 0.0615. The first-order valence-corrected chi connectivity index (χ1v) is 9.66. The molecule has 144 valence electrons. The van der Waals surface area contributed by atoms with E-state index in [0.29, 0.717) is 30.8 Å². The van der Waals surface area contributed by atoms with E-state index in [1.165, 1.54) is 5.56 Å². The van der Waals surface area contributed by atoms with Crippen LogP contribution in [-0.4, -0.2) is 35.6 Å². The Morgan fingerprint density at radius 3 is 2.74 bits per heavy atom. The van der Waals surface area contributed by atoms with E-state index in [-0.39, 0.29) is 24.0 Å². The van der Waals surface area contributed by atoms with Crippen molar-refractivity contribution >= 4 is 5.91 Å². The minimum absolute atomic E-state index is 0.0672. The number of aliphatic hydroxyl groups is 1. The van der Waals surface area contributed by atoms with E-state index in [2.05, 4.69) is 12.1 Å². The summed E-state index contributed by atoms with van der Waals surface area (Å²) in [6.45, 7) is 2.97. The lowest BCUT2D eigenvalue weighted by Gasteiger charge is -2.31. The van der Waals surface area contributed by atoms with Gasteiger partial charge in [0.15, 0.2) is 0 Å². The van der Waals surface area contributed by atoms with Crippen LogP contribution in [-0.2, 0) is 12.8 Å². The monoisotopic (exact) mass is 369 g/mol. The molecule has 2 heterocycles. The van der Waals surface area contributed by atoms with Crippen LogP contribution < -0.4 is 5.63 Å². The average Bonchev–Trinajstić information content (AvgIpc) is 2.68. The number of likely N-dealkylation sites (tertiary alicyclic amines) is 1. The molecule has 1 aromatic heterocycles. The molecule has 1 atom stereocenters. The van der Waals surface area contributed by atoms with E-state index in [9.17, 15) is 14.7 Å². The molecule has 27 heavy (non-hydrogen) atoms. The van der Waals surface area contributed by atoms with Crippen molar-refractivity contribution in [3.05, 3.63) is 69.3 Å². The number of nitrogens with zero attached hydrogens (tertiary/aromatic N) is 1. The number of carbonyl (C=O) groups excluding carboxylic acids is 1. The van der Waals surface area contributed by atoms with Crippen molar-refractivity contribution in [3.8, 4) is 0 Å². The van der Waals surface area contributed by atoms with E-state index in [1.54, 1.807) is 11.8 Å². The molecule has 1 aliphatic heterocycles. The van der Waals surface area contributed by atoms with Gasteiger partial charge in [0, 0.05) is 26.1 Å². The van der Waals surface area contributed by atoms with E-state index in [1.807, 2.05) is 24.3 Å². The maximum Gasteiger partial charge on any atom is 0.349 e. The lowest BCUT2D eigenvalue weighted by Crippen LogP contribution is -2.42. The molecule has 1 N–H and O–H groups in total. The molecule has 1 aliphatic rings. The van der Waals surface area contributed by atoms with Gasteiger partial charge in [0.2, 0.25) is 0 Å². The van der Waals surface area contributed by atoms with Crippen molar-refractivity contribution in [1.82, 2.24) is 4.90 Å². The summed E-state index contributed by atoms with van der Waals surface area (Å²) in [5.41, 5.74) is 1.49. The van der Waals surface area contributed by atoms with Gasteiger partial charge in [-0.15, -0.1) is 0 Å². The van der Waals surface area contributed by atoms with E-state index >= 15 is 0 Å². The van der Waals surface area contributed by atoms with Crippen LogP contribution in [0.25, 0.3) is 0 Å². The van der Waals surface area contributed by atoms with Gasteiger partial charge in [0.05, 0.1) is 0 Å². The van der Waals surface area contributed by atoms with Crippen molar-refractivity contribution in [3.63, 3.8) is 0 Å². The van der Waals surface area contributed by atoms with Gasteiger partial charge in [-0.1, -0.05) is 30.3 Å². The Kier molecular flexibility index (Phi) is 6.45. The molecule has 2 aromatic rings. The molecular formula is C22H27NO4. The molecule has 0 aliphatic carbocycles. The zero-order valence-electron chi connectivity index (χ0n) is 15.8.